The Morgan fingerprint density at radius 1 is 1.17 bits per heavy atom. The normalized spacial score (nSPS) is 18.5. The lowest BCUT2D eigenvalue weighted by Gasteiger charge is -2.28. The van der Waals surface area contributed by atoms with Gasteiger partial charge in [0.05, 0.1) is 38.1 Å². The molecular formula is C24H23I2N3O5S. The largest absolute Gasteiger partial charge is 0.480 e. The van der Waals surface area contributed by atoms with E-state index in [0.717, 1.165) is 50.4 Å². The highest BCUT2D eigenvalue weighted by Gasteiger charge is 2.30. The summed E-state index contributed by atoms with van der Waals surface area (Å²) in [7, 11) is 3.05. The summed E-state index contributed by atoms with van der Waals surface area (Å²) in [5.74, 6) is 0.0695. The van der Waals surface area contributed by atoms with E-state index in [1.807, 2.05) is 30.3 Å². The Morgan fingerprint density at radius 3 is 2.46 bits per heavy atom. The number of anilines is 1. The molecule has 1 amide bonds. The number of amidine groups is 1. The first-order valence-electron chi connectivity index (χ1n) is 10.7. The highest BCUT2D eigenvalue weighted by molar-refractivity contribution is 14.1. The molecule has 184 valence electrons. The number of nitrogens with zero attached hydrogens (tertiary/aromatic N) is 3. The molecule has 0 bridgehead atoms. The van der Waals surface area contributed by atoms with E-state index in [-0.39, 0.29) is 12.5 Å². The summed E-state index contributed by atoms with van der Waals surface area (Å²) >= 11 is 5.66. The van der Waals surface area contributed by atoms with Crippen LogP contribution in [0.3, 0.4) is 0 Å². The van der Waals surface area contributed by atoms with Crippen molar-refractivity contribution in [3.8, 4) is 5.75 Å². The van der Waals surface area contributed by atoms with Gasteiger partial charge in [0, 0.05) is 25.8 Å². The zero-order valence-corrected chi connectivity index (χ0v) is 24.3. The van der Waals surface area contributed by atoms with Crippen LogP contribution in [0.4, 0.5) is 11.4 Å². The summed E-state index contributed by atoms with van der Waals surface area (Å²) in [6.07, 6.45) is 1.85. The second-order valence-corrected chi connectivity index (χ2v) is 11.0. The van der Waals surface area contributed by atoms with Crippen LogP contribution in [0, 0.1) is 7.14 Å². The minimum atomic E-state index is -0.443. The molecule has 2 aliphatic heterocycles. The van der Waals surface area contributed by atoms with Gasteiger partial charge in [-0.1, -0.05) is 0 Å². The first-order chi connectivity index (χ1) is 16.9. The SMILES string of the molecule is COC(=O)COc1c(I)cc(/C=C2\SC(=Nc3ccc(N4CCOCC4)cc3)N(C)C2=O)cc1I. The number of aliphatic imine (C=N–C) groups is 1. The van der Waals surface area contributed by atoms with Crippen LogP contribution >= 0.6 is 56.9 Å². The van der Waals surface area contributed by atoms with Gasteiger partial charge in [0.25, 0.3) is 5.91 Å². The van der Waals surface area contributed by atoms with Crippen molar-refractivity contribution in [3.63, 3.8) is 0 Å². The third-order valence-electron chi connectivity index (χ3n) is 5.33. The Morgan fingerprint density at radius 2 is 1.83 bits per heavy atom. The number of carbonyl (C=O) groups is 2. The molecule has 11 heteroatoms. The Bertz CT molecular complexity index is 1160. The molecule has 8 nitrogen and oxygen atoms in total. The Balaban J connectivity index is 1.49. The molecule has 0 aliphatic carbocycles. The standard InChI is InChI=1S/C24H23I2N3O5S/c1-28-23(31)20(13-15-11-18(25)22(19(26)12-15)34-14-21(30)32-2)35-24(28)27-16-3-5-17(6-4-16)29-7-9-33-10-8-29/h3-6,11-13H,7-10,14H2,1-2H3/b20-13-,27-24?. The van der Waals surface area contributed by atoms with Crippen LogP contribution in [-0.4, -0.2) is 69.0 Å². The van der Waals surface area contributed by atoms with E-state index in [9.17, 15) is 9.59 Å². The molecule has 2 saturated heterocycles. The maximum Gasteiger partial charge on any atom is 0.343 e. The smallest absolute Gasteiger partial charge is 0.343 e. The van der Waals surface area contributed by atoms with Crippen LogP contribution in [0.5, 0.6) is 5.75 Å². The monoisotopic (exact) mass is 719 g/mol. The molecule has 35 heavy (non-hydrogen) atoms. The van der Waals surface area contributed by atoms with E-state index in [1.54, 1.807) is 11.9 Å². The van der Waals surface area contributed by atoms with Gasteiger partial charge in [0.2, 0.25) is 0 Å². The van der Waals surface area contributed by atoms with Gasteiger partial charge in [-0.25, -0.2) is 9.79 Å². The van der Waals surface area contributed by atoms with Gasteiger partial charge in [0.15, 0.2) is 11.8 Å². The molecule has 0 saturated carbocycles. The number of methoxy groups -OCH3 is 1. The molecule has 0 radical (unpaired) electrons. The van der Waals surface area contributed by atoms with Gasteiger partial charge in [-0.05, 0) is 105 Å². The summed E-state index contributed by atoms with van der Waals surface area (Å²) in [6.45, 7) is 3.08. The lowest BCUT2D eigenvalue weighted by Crippen LogP contribution is -2.36. The van der Waals surface area contributed by atoms with Crippen LogP contribution in [0.25, 0.3) is 6.08 Å². The summed E-state index contributed by atoms with van der Waals surface area (Å²) < 4.78 is 17.3. The lowest BCUT2D eigenvalue weighted by atomic mass is 10.2. The van der Waals surface area contributed by atoms with Crippen LogP contribution < -0.4 is 9.64 Å². The third kappa shape index (κ3) is 6.49. The molecular weight excluding hydrogens is 696 g/mol. The van der Waals surface area contributed by atoms with Crippen molar-refractivity contribution in [3.05, 3.63) is 54.0 Å². The predicted molar refractivity (Wildman–Crippen MR) is 154 cm³/mol. The Labute approximate surface area is 235 Å². The molecule has 2 fully saturated rings. The van der Waals surface area contributed by atoms with Gasteiger partial charge >= 0.3 is 5.97 Å². The van der Waals surface area contributed by atoms with Gasteiger partial charge in [-0.2, -0.15) is 0 Å². The molecule has 2 aromatic rings. The second kappa shape index (κ2) is 11.9. The minimum Gasteiger partial charge on any atom is -0.480 e. The maximum atomic E-state index is 12.9. The molecule has 2 heterocycles. The van der Waals surface area contributed by atoms with Crippen molar-refractivity contribution in [2.75, 3.05) is 52.0 Å². The summed E-state index contributed by atoms with van der Waals surface area (Å²) in [5.41, 5.74) is 2.80. The molecule has 2 aliphatic rings. The zero-order valence-electron chi connectivity index (χ0n) is 19.1. The van der Waals surface area contributed by atoms with Gasteiger partial charge in [-0.3, -0.25) is 9.69 Å². The molecule has 0 aromatic heterocycles. The number of esters is 1. The predicted octanol–water partition coefficient (Wildman–Crippen LogP) is 4.52. The van der Waals surface area contributed by atoms with E-state index in [4.69, 9.17) is 14.5 Å². The number of carbonyl (C=O) groups excluding carboxylic acids is 2. The molecule has 0 atom stereocenters. The minimum absolute atomic E-state index is 0.102. The van der Waals surface area contributed by atoms with Crippen LogP contribution in [0.15, 0.2) is 46.3 Å². The van der Waals surface area contributed by atoms with Crippen molar-refractivity contribution in [1.29, 1.82) is 0 Å². The summed E-state index contributed by atoms with van der Waals surface area (Å²) in [5, 5.41) is 0.628. The van der Waals surface area contributed by atoms with E-state index in [2.05, 4.69) is 67.0 Å². The highest BCUT2D eigenvalue weighted by Crippen LogP contribution is 2.35. The van der Waals surface area contributed by atoms with Gasteiger partial charge in [0.1, 0.15) is 5.75 Å². The first-order valence-corrected chi connectivity index (χ1v) is 13.7. The number of halogens is 2. The number of likely N-dealkylation sites (N-methyl/N-ethyl adjacent to an activating group) is 1. The first kappa shape index (κ1) is 26.2. The van der Waals surface area contributed by atoms with Crippen LogP contribution in [-0.2, 0) is 19.1 Å². The topological polar surface area (TPSA) is 80.7 Å². The average molecular weight is 719 g/mol. The number of hydrogen-bond donors (Lipinski definition) is 0. The van der Waals surface area contributed by atoms with Crippen molar-refractivity contribution in [1.82, 2.24) is 4.90 Å². The van der Waals surface area contributed by atoms with Crippen molar-refractivity contribution in [2.24, 2.45) is 4.99 Å². The fourth-order valence-corrected chi connectivity index (χ4v) is 6.58. The van der Waals surface area contributed by atoms with E-state index in [1.165, 1.54) is 18.9 Å². The fourth-order valence-electron chi connectivity index (χ4n) is 3.46. The van der Waals surface area contributed by atoms with Crippen molar-refractivity contribution >= 4 is 91.4 Å². The molecule has 2 aromatic carbocycles. The Hall–Kier alpha value is -1.84. The number of morpholine rings is 1. The van der Waals surface area contributed by atoms with Crippen LogP contribution in [0.2, 0.25) is 0 Å². The third-order valence-corrected chi connectivity index (χ3v) is 8.00. The van der Waals surface area contributed by atoms with Crippen LogP contribution in [0.1, 0.15) is 5.56 Å². The van der Waals surface area contributed by atoms with Crippen molar-refractivity contribution < 1.29 is 23.8 Å². The summed E-state index contributed by atoms with van der Waals surface area (Å²) in [6, 6.07) is 11.9. The number of rotatable bonds is 6. The lowest BCUT2D eigenvalue weighted by molar-refractivity contribution is -0.143. The van der Waals surface area contributed by atoms with Gasteiger partial charge in [-0.15, -0.1) is 0 Å². The number of ether oxygens (including phenoxy) is 3. The number of hydrogen-bond acceptors (Lipinski definition) is 8. The number of amides is 1. The fraction of sp³-hybridized carbons (Fsp3) is 0.292. The van der Waals surface area contributed by atoms with E-state index in [0.29, 0.717) is 15.8 Å². The second-order valence-electron chi connectivity index (χ2n) is 7.66. The molecule has 0 N–H and O–H groups in total. The average Bonchev–Trinajstić information content (AvgIpc) is 3.12. The number of thioether (sulfide) groups is 1. The molecule has 0 unspecified atom stereocenters. The van der Waals surface area contributed by atoms with Crippen molar-refractivity contribution in [2.45, 2.75) is 0 Å². The Kier molecular flexibility index (Phi) is 8.94. The van der Waals surface area contributed by atoms with Gasteiger partial charge < -0.3 is 19.1 Å². The van der Waals surface area contributed by atoms with E-state index >= 15 is 0 Å². The molecule has 4 rings (SSSR count). The number of benzene rings is 2. The van der Waals surface area contributed by atoms with E-state index < -0.39 is 5.97 Å². The quantitative estimate of drug-likeness (QED) is 0.247. The maximum absolute atomic E-state index is 12.9. The molecule has 0 spiro atoms. The highest BCUT2D eigenvalue weighted by atomic mass is 127. The zero-order chi connectivity index (χ0) is 24.9. The summed E-state index contributed by atoms with van der Waals surface area (Å²) in [4.78, 5) is 33.4.